The first-order valence-electron chi connectivity index (χ1n) is 5.14. The van der Waals surface area contributed by atoms with Gasteiger partial charge in [-0.3, -0.25) is 0 Å². The average Bonchev–Trinajstić information content (AvgIpc) is 2.80. The smallest absolute Gasteiger partial charge is 0.150 e. The van der Waals surface area contributed by atoms with Gasteiger partial charge in [0.15, 0.2) is 0 Å². The zero-order valence-electron chi connectivity index (χ0n) is 8.98. The molecule has 0 aliphatic heterocycles. The lowest BCUT2D eigenvalue weighted by Gasteiger charge is -2.12. The minimum absolute atomic E-state index is 0.307. The molecule has 1 unspecified atom stereocenters. The molecular formula is C12H13IN2O. The van der Waals surface area contributed by atoms with Gasteiger partial charge in [-0.2, -0.15) is 0 Å². The summed E-state index contributed by atoms with van der Waals surface area (Å²) in [5.41, 5.74) is 1.28. The maximum atomic E-state index is 5.03. The molecule has 0 amide bonds. The summed E-state index contributed by atoms with van der Waals surface area (Å²) in [5.74, 6) is 0.859. The van der Waals surface area contributed by atoms with Crippen LogP contribution in [0.25, 0.3) is 0 Å². The highest BCUT2D eigenvalue weighted by molar-refractivity contribution is 14.1. The number of benzene rings is 1. The number of aromatic nitrogens is 1. The van der Waals surface area contributed by atoms with Gasteiger partial charge in [0, 0.05) is 15.7 Å². The Bertz CT molecular complexity index is 425. The SMILES string of the molecule is CC(NCc1ccno1)c1ccc(I)cc1. The molecule has 0 fully saturated rings. The van der Waals surface area contributed by atoms with Gasteiger partial charge in [0.2, 0.25) is 0 Å². The van der Waals surface area contributed by atoms with Crippen molar-refractivity contribution in [3.8, 4) is 0 Å². The van der Waals surface area contributed by atoms with E-state index in [9.17, 15) is 0 Å². The molecule has 1 heterocycles. The highest BCUT2D eigenvalue weighted by atomic mass is 127. The Balaban J connectivity index is 1.93. The quantitative estimate of drug-likeness (QED) is 0.877. The summed E-state index contributed by atoms with van der Waals surface area (Å²) in [7, 11) is 0. The second-order valence-corrected chi connectivity index (χ2v) is 4.88. The fraction of sp³-hybridized carbons (Fsp3) is 0.250. The molecule has 2 aromatic rings. The summed E-state index contributed by atoms with van der Waals surface area (Å²) < 4.78 is 6.28. The Hall–Kier alpha value is -0.880. The van der Waals surface area contributed by atoms with Crippen LogP contribution in [0.3, 0.4) is 0 Å². The van der Waals surface area contributed by atoms with Gasteiger partial charge >= 0.3 is 0 Å². The molecule has 0 aliphatic rings. The molecule has 0 aliphatic carbocycles. The maximum Gasteiger partial charge on any atom is 0.150 e. The van der Waals surface area contributed by atoms with Crippen molar-refractivity contribution in [2.45, 2.75) is 19.5 Å². The zero-order chi connectivity index (χ0) is 11.4. The van der Waals surface area contributed by atoms with Gasteiger partial charge in [-0.05, 0) is 47.2 Å². The number of hydrogen-bond donors (Lipinski definition) is 1. The molecule has 4 heteroatoms. The first-order valence-corrected chi connectivity index (χ1v) is 6.22. The van der Waals surface area contributed by atoms with Crippen molar-refractivity contribution in [2.24, 2.45) is 0 Å². The molecule has 0 saturated carbocycles. The van der Waals surface area contributed by atoms with Crippen molar-refractivity contribution < 1.29 is 4.52 Å². The topological polar surface area (TPSA) is 38.1 Å². The molecule has 2 rings (SSSR count). The van der Waals surface area contributed by atoms with E-state index in [1.165, 1.54) is 9.13 Å². The van der Waals surface area contributed by atoms with Crippen molar-refractivity contribution in [3.63, 3.8) is 0 Å². The van der Waals surface area contributed by atoms with E-state index in [-0.39, 0.29) is 0 Å². The van der Waals surface area contributed by atoms with E-state index in [4.69, 9.17) is 4.52 Å². The summed E-state index contributed by atoms with van der Waals surface area (Å²) >= 11 is 2.31. The van der Waals surface area contributed by atoms with Gasteiger partial charge in [-0.1, -0.05) is 17.3 Å². The van der Waals surface area contributed by atoms with Crippen LogP contribution in [0.4, 0.5) is 0 Å². The first-order chi connectivity index (χ1) is 7.75. The predicted octanol–water partition coefficient (Wildman–Crippen LogP) is 3.13. The van der Waals surface area contributed by atoms with Gasteiger partial charge in [-0.25, -0.2) is 0 Å². The van der Waals surface area contributed by atoms with Crippen LogP contribution in [0.1, 0.15) is 24.3 Å². The lowest BCUT2D eigenvalue weighted by molar-refractivity contribution is 0.366. The zero-order valence-corrected chi connectivity index (χ0v) is 11.1. The van der Waals surface area contributed by atoms with Crippen molar-refractivity contribution >= 4 is 22.6 Å². The minimum atomic E-state index is 0.307. The number of nitrogens with one attached hydrogen (secondary N) is 1. The largest absolute Gasteiger partial charge is 0.360 e. The van der Waals surface area contributed by atoms with Gasteiger partial charge < -0.3 is 9.84 Å². The number of rotatable bonds is 4. The van der Waals surface area contributed by atoms with Gasteiger partial charge in [-0.15, -0.1) is 0 Å². The van der Waals surface area contributed by atoms with Crippen molar-refractivity contribution in [1.29, 1.82) is 0 Å². The molecule has 0 spiro atoms. The lowest BCUT2D eigenvalue weighted by Crippen LogP contribution is -2.17. The molecule has 1 aromatic heterocycles. The second-order valence-electron chi connectivity index (χ2n) is 3.63. The van der Waals surface area contributed by atoms with Crippen LogP contribution in [0.5, 0.6) is 0 Å². The Morgan fingerprint density at radius 1 is 1.31 bits per heavy atom. The van der Waals surface area contributed by atoms with E-state index in [0.717, 1.165) is 5.76 Å². The highest BCUT2D eigenvalue weighted by Gasteiger charge is 2.05. The van der Waals surface area contributed by atoms with Crippen LogP contribution in [-0.2, 0) is 6.54 Å². The van der Waals surface area contributed by atoms with Crippen LogP contribution in [0, 0.1) is 3.57 Å². The molecule has 0 saturated heterocycles. The van der Waals surface area contributed by atoms with E-state index in [1.807, 2.05) is 6.07 Å². The summed E-state index contributed by atoms with van der Waals surface area (Å²) in [5, 5.41) is 7.05. The summed E-state index contributed by atoms with van der Waals surface area (Å²) in [6, 6.07) is 10.7. The second kappa shape index (κ2) is 5.45. The molecule has 16 heavy (non-hydrogen) atoms. The monoisotopic (exact) mass is 328 g/mol. The normalized spacial score (nSPS) is 12.6. The van der Waals surface area contributed by atoms with E-state index in [2.05, 4.69) is 64.3 Å². The fourth-order valence-corrected chi connectivity index (χ4v) is 1.82. The van der Waals surface area contributed by atoms with E-state index in [1.54, 1.807) is 6.20 Å². The molecule has 0 radical (unpaired) electrons. The number of hydrogen-bond acceptors (Lipinski definition) is 3. The summed E-state index contributed by atoms with van der Waals surface area (Å²) in [4.78, 5) is 0. The van der Waals surface area contributed by atoms with E-state index >= 15 is 0 Å². The molecule has 1 atom stereocenters. The van der Waals surface area contributed by atoms with Crippen LogP contribution in [0.15, 0.2) is 41.1 Å². The first kappa shape index (κ1) is 11.6. The number of nitrogens with zero attached hydrogens (tertiary/aromatic N) is 1. The predicted molar refractivity (Wildman–Crippen MR) is 70.9 cm³/mol. The fourth-order valence-electron chi connectivity index (χ4n) is 1.46. The Kier molecular flexibility index (Phi) is 3.95. The van der Waals surface area contributed by atoms with Gasteiger partial charge in [0.25, 0.3) is 0 Å². The average molecular weight is 328 g/mol. The third kappa shape index (κ3) is 3.05. The van der Waals surface area contributed by atoms with Crippen LogP contribution >= 0.6 is 22.6 Å². The molecule has 0 bridgehead atoms. The Morgan fingerprint density at radius 3 is 2.69 bits per heavy atom. The van der Waals surface area contributed by atoms with Crippen molar-refractivity contribution in [1.82, 2.24) is 10.5 Å². The van der Waals surface area contributed by atoms with E-state index < -0.39 is 0 Å². The van der Waals surface area contributed by atoms with Crippen molar-refractivity contribution in [2.75, 3.05) is 0 Å². The summed E-state index contributed by atoms with van der Waals surface area (Å²) in [6.45, 7) is 2.84. The minimum Gasteiger partial charge on any atom is -0.360 e. The highest BCUT2D eigenvalue weighted by Crippen LogP contribution is 2.14. The third-order valence-corrected chi connectivity index (χ3v) is 3.16. The molecule has 1 aromatic carbocycles. The summed E-state index contributed by atoms with van der Waals surface area (Å²) in [6.07, 6.45) is 1.66. The lowest BCUT2D eigenvalue weighted by atomic mass is 10.1. The van der Waals surface area contributed by atoms with Crippen molar-refractivity contribution in [3.05, 3.63) is 51.4 Å². The number of halogens is 1. The van der Waals surface area contributed by atoms with Crippen LogP contribution < -0.4 is 5.32 Å². The molecule has 1 N–H and O–H groups in total. The Morgan fingerprint density at radius 2 is 2.06 bits per heavy atom. The standard InChI is InChI=1S/C12H13IN2O/c1-9(10-2-4-11(13)5-3-10)14-8-12-6-7-15-16-12/h2-7,9,14H,8H2,1H3. The maximum absolute atomic E-state index is 5.03. The van der Waals surface area contributed by atoms with E-state index in [0.29, 0.717) is 12.6 Å². The molecule has 3 nitrogen and oxygen atoms in total. The molecule has 84 valence electrons. The van der Waals surface area contributed by atoms with Crippen LogP contribution in [-0.4, -0.2) is 5.16 Å². The third-order valence-electron chi connectivity index (χ3n) is 2.44. The van der Waals surface area contributed by atoms with Gasteiger partial charge in [0.1, 0.15) is 5.76 Å². The Labute approximate surface area is 108 Å². The molecular weight excluding hydrogens is 315 g/mol. The van der Waals surface area contributed by atoms with Gasteiger partial charge in [0.05, 0.1) is 12.7 Å². The van der Waals surface area contributed by atoms with Crippen LogP contribution in [0.2, 0.25) is 0 Å².